The fourth-order valence-electron chi connectivity index (χ4n) is 3.52. The molecule has 168 valence electrons. The molecule has 0 unspecified atom stereocenters. The predicted octanol–water partition coefficient (Wildman–Crippen LogP) is 1.26. The quantitative estimate of drug-likeness (QED) is 0.282. The third kappa shape index (κ3) is 4.72. The van der Waals surface area contributed by atoms with Gasteiger partial charge in [-0.3, -0.25) is 9.20 Å². The average Bonchev–Trinajstić information content (AvgIpc) is 3.00. The van der Waals surface area contributed by atoms with Gasteiger partial charge in [-0.2, -0.15) is 0 Å². The molecule has 4 rings (SSSR count). The third-order valence-corrected chi connectivity index (χ3v) is 5.65. The van der Waals surface area contributed by atoms with Crippen molar-refractivity contribution >= 4 is 39.4 Å². The molecule has 0 atom stereocenters. The van der Waals surface area contributed by atoms with Crippen molar-refractivity contribution in [3.05, 3.63) is 64.7 Å². The van der Waals surface area contributed by atoms with Crippen molar-refractivity contribution in [2.75, 3.05) is 28.3 Å². The lowest BCUT2D eigenvalue weighted by molar-refractivity contribution is -0.884. The van der Waals surface area contributed by atoms with Gasteiger partial charge in [-0.05, 0) is 30.3 Å². The van der Waals surface area contributed by atoms with Gasteiger partial charge in [0.1, 0.15) is 29.2 Å². The summed E-state index contributed by atoms with van der Waals surface area (Å²) in [7, 11) is 8.12. The molecule has 0 saturated carbocycles. The average molecular weight is 543 g/mol. The van der Waals surface area contributed by atoms with Crippen LogP contribution in [-0.2, 0) is 6.54 Å². The smallest absolute Gasteiger partial charge is 0.260 e. The zero-order valence-electron chi connectivity index (χ0n) is 17.8. The van der Waals surface area contributed by atoms with E-state index >= 15 is 0 Å². The van der Waals surface area contributed by atoms with Gasteiger partial charge < -0.3 is 25.6 Å². The molecule has 0 spiro atoms. The van der Waals surface area contributed by atoms with Gasteiger partial charge in [0.2, 0.25) is 0 Å². The summed E-state index contributed by atoms with van der Waals surface area (Å²) in [6.07, 6.45) is 2.05. The fraction of sp³-hybridized carbons (Fsp3) is 0.238. The number of nitrogens with zero attached hydrogens (tertiary/aromatic N) is 4. The van der Waals surface area contributed by atoms with Crippen LogP contribution in [0.1, 0.15) is 5.69 Å². The van der Waals surface area contributed by atoms with Crippen molar-refractivity contribution in [2.24, 2.45) is 0 Å². The maximum atomic E-state index is 12.2. The molecular formula is C21H28IN4O5+. The summed E-state index contributed by atoms with van der Waals surface area (Å²) >= 11 is 2.03. The molecule has 4 aromatic rings. The normalized spacial score (nSPS) is 10.9. The number of aromatic nitrogens is 3. The van der Waals surface area contributed by atoms with Crippen molar-refractivity contribution in [2.45, 2.75) is 6.54 Å². The minimum absolute atomic E-state index is 0. The number of ether oxygens (including phenoxy) is 1. The van der Waals surface area contributed by atoms with Crippen molar-refractivity contribution in [3.8, 4) is 17.0 Å². The molecule has 0 saturated heterocycles. The lowest BCUT2D eigenvalue weighted by Gasteiger charge is -2.24. The van der Waals surface area contributed by atoms with Crippen LogP contribution in [0.3, 0.4) is 0 Å². The third-order valence-electron chi connectivity index (χ3n) is 4.69. The molecule has 0 fully saturated rings. The lowest BCUT2D eigenvalue weighted by atomic mass is 10.0. The number of pyridine rings is 2. The summed E-state index contributed by atoms with van der Waals surface area (Å²) in [6.45, 7) is 0.817. The zero-order chi connectivity index (χ0) is 20.1. The molecule has 0 radical (unpaired) electrons. The number of quaternary nitrogens is 1. The van der Waals surface area contributed by atoms with Gasteiger partial charge in [-0.25, -0.2) is 7.76 Å². The van der Waals surface area contributed by atoms with E-state index in [4.69, 9.17) is 9.72 Å². The highest BCUT2D eigenvalue weighted by molar-refractivity contribution is 14.1. The monoisotopic (exact) mass is 543 g/mol. The van der Waals surface area contributed by atoms with E-state index in [1.807, 2.05) is 59.3 Å². The Hall–Kier alpha value is -2.51. The zero-order valence-corrected chi connectivity index (χ0v) is 20.0. The van der Waals surface area contributed by atoms with Crippen LogP contribution in [0.15, 0.2) is 53.5 Å². The first-order valence-corrected chi connectivity index (χ1v) is 9.92. The summed E-state index contributed by atoms with van der Waals surface area (Å²) in [5, 5.41) is 0.944. The number of rotatable bonds is 4. The molecule has 0 aliphatic rings. The van der Waals surface area contributed by atoms with Crippen LogP contribution in [-0.4, -0.2) is 61.3 Å². The minimum atomic E-state index is -0.0786. The van der Waals surface area contributed by atoms with E-state index in [0.717, 1.165) is 44.5 Å². The Kier molecular flexibility index (Phi) is 8.34. The standard InChI is InChI=1S/C21H22IN4O2.3H2O/c1-26(2,3)13-16-20(23-18-7-5-6-12-24(16)18)14-8-10-17(28-4)21-15(14)9-11-19(27)25(21)22;;;/h5-12H,13H2,1-4H3;3*1H2/q+1;;;. The molecule has 3 aromatic heterocycles. The first kappa shape index (κ1) is 26.5. The molecule has 9 nitrogen and oxygen atoms in total. The van der Waals surface area contributed by atoms with Crippen LogP contribution >= 0.6 is 22.9 Å². The Balaban J connectivity index is 0.00000160. The fourth-order valence-corrected chi connectivity index (χ4v) is 4.18. The molecule has 10 heteroatoms. The Bertz CT molecular complexity index is 1260. The van der Waals surface area contributed by atoms with E-state index in [0.29, 0.717) is 5.75 Å². The SMILES string of the molecule is COc1ccc(-c2nc3ccccn3c2C[N+](C)(C)C)c2ccc(=O)n(I)c12.O.O.O. The molecule has 0 aliphatic carbocycles. The summed E-state index contributed by atoms with van der Waals surface area (Å²) in [6, 6.07) is 13.4. The van der Waals surface area contributed by atoms with Crippen molar-refractivity contribution in [3.63, 3.8) is 0 Å². The van der Waals surface area contributed by atoms with Gasteiger partial charge in [0.25, 0.3) is 5.56 Å². The first-order valence-electron chi connectivity index (χ1n) is 8.96. The van der Waals surface area contributed by atoms with E-state index in [-0.39, 0.29) is 22.0 Å². The maximum Gasteiger partial charge on any atom is 0.260 e. The van der Waals surface area contributed by atoms with E-state index < -0.39 is 0 Å². The topological polar surface area (TPSA) is 143 Å². The summed E-state index contributed by atoms with van der Waals surface area (Å²) in [5.41, 5.74) is 4.66. The summed E-state index contributed by atoms with van der Waals surface area (Å²) in [5.74, 6) is 0.669. The molecule has 3 heterocycles. The van der Waals surface area contributed by atoms with Crippen molar-refractivity contribution in [1.82, 2.24) is 12.2 Å². The molecule has 6 N–H and O–H groups in total. The Labute approximate surface area is 193 Å². The molecular weight excluding hydrogens is 515 g/mol. The molecule has 0 aliphatic heterocycles. The van der Waals surface area contributed by atoms with Crippen LogP contribution in [0.4, 0.5) is 0 Å². The second-order valence-electron chi connectivity index (χ2n) is 7.81. The predicted molar refractivity (Wildman–Crippen MR) is 131 cm³/mol. The van der Waals surface area contributed by atoms with Gasteiger partial charge in [-0.15, -0.1) is 0 Å². The van der Waals surface area contributed by atoms with Gasteiger partial charge in [-0.1, -0.05) is 6.07 Å². The van der Waals surface area contributed by atoms with Gasteiger partial charge in [0.05, 0.1) is 56.8 Å². The van der Waals surface area contributed by atoms with Gasteiger partial charge >= 0.3 is 0 Å². The molecule has 0 bridgehead atoms. The number of halogens is 1. The van der Waals surface area contributed by atoms with Gasteiger partial charge in [0, 0.05) is 23.2 Å². The van der Waals surface area contributed by atoms with Crippen LogP contribution in [0.25, 0.3) is 27.8 Å². The van der Waals surface area contributed by atoms with Crippen molar-refractivity contribution < 1.29 is 25.6 Å². The highest BCUT2D eigenvalue weighted by Crippen LogP contribution is 2.36. The second kappa shape index (κ2) is 9.75. The lowest BCUT2D eigenvalue weighted by Crippen LogP contribution is -2.34. The largest absolute Gasteiger partial charge is 0.495 e. The van der Waals surface area contributed by atoms with E-state index in [2.05, 4.69) is 31.7 Å². The molecule has 0 amide bonds. The minimum Gasteiger partial charge on any atom is -0.495 e. The van der Waals surface area contributed by atoms with Crippen LogP contribution < -0.4 is 10.3 Å². The number of hydrogen-bond donors (Lipinski definition) is 0. The van der Waals surface area contributed by atoms with E-state index in [1.165, 1.54) is 0 Å². The van der Waals surface area contributed by atoms with Crippen LogP contribution in [0.5, 0.6) is 5.75 Å². The number of fused-ring (bicyclic) bond motifs is 2. The van der Waals surface area contributed by atoms with E-state index in [1.54, 1.807) is 16.0 Å². The number of imidazole rings is 1. The second-order valence-corrected chi connectivity index (χ2v) is 8.78. The van der Waals surface area contributed by atoms with E-state index in [9.17, 15) is 4.79 Å². The van der Waals surface area contributed by atoms with Gasteiger partial charge in [0.15, 0.2) is 0 Å². The summed E-state index contributed by atoms with van der Waals surface area (Å²) < 4.78 is 10.1. The molecule has 31 heavy (non-hydrogen) atoms. The number of benzene rings is 1. The van der Waals surface area contributed by atoms with Crippen molar-refractivity contribution in [1.29, 1.82) is 0 Å². The van der Waals surface area contributed by atoms with Crippen LogP contribution in [0, 0.1) is 0 Å². The number of methoxy groups -OCH3 is 1. The Morgan fingerprint density at radius 1 is 1.03 bits per heavy atom. The highest BCUT2D eigenvalue weighted by atomic mass is 127. The Morgan fingerprint density at radius 2 is 1.74 bits per heavy atom. The first-order chi connectivity index (χ1) is 13.3. The number of hydrogen-bond acceptors (Lipinski definition) is 3. The molecule has 1 aromatic carbocycles. The maximum absolute atomic E-state index is 12.2. The van der Waals surface area contributed by atoms with Crippen LogP contribution in [0.2, 0.25) is 0 Å². The Morgan fingerprint density at radius 3 is 2.39 bits per heavy atom. The summed E-state index contributed by atoms with van der Waals surface area (Å²) in [4.78, 5) is 17.2. The highest BCUT2D eigenvalue weighted by Gasteiger charge is 2.22.